The maximum Gasteiger partial charge on any atom is 0.160 e. The molecule has 31 heavy (non-hydrogen) atoms. The normalized spacial score (nSPS) is 24.1. The molecule has 0 amide bonds. The molecule has 1 saturated heterocycles. The van der Waals surface area contributed by atoms with Crippen molar-refractivity contribution >= 4 is 0 Å². The molecule has 4 atom stereocenters. The Morgan fingerprint density at radius 2 is 1.19 bits per heavy atom. The zero-order valence-electron chi connectivity index (χ0n) is 18.6. The topological polar surface area (TPSA) is 27.7 Å². The Labute approximate surface area is 186 Å². The molecule has 0 unspecified atom stereocenters. The third-order valence-corrected chi connectivity index (χ3v) is 6.39. The molecule has 162 valence electrons. The molecular formula is C28H32O3. The molecule has 0 spiro atoms. The first-order valence-electron chi connectivity index (χ1n) is 11.1. The first-order valence-corrected chi connectivity index (χ1v) is 11.1. The minimum atomic E-state index is -0.724. The Morgan fingerprint density at radius 3 is 1.61 bits per heavy atom. The fourth-order valence-corrected chi connectivity index (χ4v) is 4.76. The summed E-state index contributed by atoms with van der Waals surface area (Å²) in [5, 5.41) is 0. The Morgan fingerprint density at radius 1 is 0.742 bits per heavy atom. The average molecular weight is 417 g/mol. The standard InChI is InChI=1S/C28H32O3/c1-21-19-22(2)27(29-3)31-26(21)20-30-28(23-13-7-4-8-14-23,24-15-9-5-10-16-24)25-17-11-6-12-18-25/h4-18,21-22,26-27H,19-20H2,1-3H3/t21-,22+,26-,27+/m1/s1. The Kier molecular flexibility index (Phi) is 6.86. The Balaban J connectivity index is 1.76. The summed E-state index contributed by atoms with van der Waals surface area (Å²) < 4.78 is 18.9. The van der Waals surface area contributed by atoms with Gasteiger partial charge in [-0.1, -0.05) is 105 Å². The number of hydrogen-bond acceptors (Lipinski definition) is 3. The van der Waals surface area contributed by atoms with E-state index in [9.17, 15) is 0 Å². The van der Waals surface area contributed by atoms with Crippen molar-refractivity contribution in [2.75, 3.05) is 13.7 Å². The smallest absolute Gasteiger partial charge is 0.160 e. The van der Waals surface area contributed by atoms with Crippen LogP contribution < -0.4 is 0 Å². The van der Waals surface area contributed by atoms with E-state index in [0.29, 0.717) is 18.4 Å². The molecule has 4 rings (SSSR count). The molecule has 3 aromatic rings. The van der Waals surface area contributed by atoms with Crippen molar-refractivity contribution in [1.29, 1.82) is 0 Å². The zero-order chi connectivity index (χ0) is 21.7. The molecule has 0 aliphatic carbocycles. The van der Waals surface area contributed by atoms with E-state index >= 15 is 0 Å². The molecule has 3 aromatic carbocycles. The van der Waals surface area contributed by atoms with Crippen LogP contribution in [0.15, 0.2) is 91.0 Å². The third-order valence-electron chi connectivity index (χ3n) is 6.39. The second-order valence-electron chi connectivity index (χ2n) is 8.56. The number of methoxy groups -OCH3 is 1. The number of hydrogen-bond donors (Lipinski definition) is 0. The van der Waals surface area contributed by atoms with Crippen LogP contribution >= 0.6 is 0 Å². The van der Waals surface area contributed by atoms with E-state index in [-0.39, 0.29) is 12.4 Å². The molecule has 3 heteroatoms. The molecular weight excluding hydrogens is 384 g/mol. The van der Waals surface area contributed by atoms with Crippen LogP contribution in [0.1, 0.15) is 37.0 Å². The van der Waals surface area contributed by atoms with Crippen LogP contribution in [0.5, 0.6) is 0 Å². The fourth-order valence-electron chi connectivity index (χ4n) is 4.76. The summed E-state index contributed by atoms with van der Waals surface area (Å²) in [6, 6.07) is 31.4. The Hall–Kier alpha value is -2.46. The van der Waals surface area contributed by atoms with Crippen molar-refractivity contribution in [2.24, 2.45) is 11.8 Å². The highest BCUT2D eigenvalue weighted by Crippen LogP contribution is 2.41. The summed E-state index contributed by atoms with van der Waals surface area (Å²) in [5.74, 6) is 0.764. The van der Waals surface area contributed by atoms with Crippen molar-refractivity contribution in [1.82, 2.24) is 0 Å². The molecule has 0 aromatic heterocycles. The lowest BCUT2D eigenvalue weighted by Gasteiger charge is -2.41. The minimum Gasteiger partial charge on any atom is -0.358 e. The van der Waals surface area contributed by atoms with Crippen LogP contribution in [0.3, 0.4) is 0 Å². The number of rotatable bonds is 7. The van der Waals surface area contributed by atoms with Gasteiger partial charge in [0.05, 0.1) is 12.7 Å². The van der Waals surface area contributed by atoms with Crippen molar-refractivity contribution in [3.05, 3.63) is 108 Å². The van der Waals surface area contributed by atoms with Gasteiger partial charge in [0, 0.05) is 13.0 Å². The van der Waals surface area contributed by atoms with Gasteiger partial charge in [0.1, 0.15) is 5.60 Å². The summed E-state index contributed by atoms with van der Waals surface area (Å²) in [5.41, 5.74) is 2.59. The van der Waals surface area contributed by atoms with E-state index in [4.69, 9.17) is 14.2 Å². The molecule has 1 aliphatic rings. The van der Waals surface area contributed by atoms with Gasteiger partial charge in [-0.05, 0) is 29.0 Å². The molecule has 0 saturated carbocycles. The molecule has 0 radical (unpaired) electrons. The SMILES string of the molecule is CO[C@H]1O[C@H](COC(c2ccccc2)(c2ccccc2)c2ccccc2)[C@H](C)C[C@@H]1C. The van der Waals surface area contributed by atoms with E-state index in [1.807, 2.05) is 18.2 Å². The fraction of sp³-hybridized carbons (Fsp3) is 0.357. The first-order chi connectivity index (χ1) is 15.1. The molecule has 3 nitrogen and oxygen atoms in total. The zero-order valence-corrected chi connectivity index (χ0v) is 18.6. The van der Waals surface area contributed by atoms with Crippen molar-refractivity contribution in [2.45, 2.75) is 38.3 Å². The highest BCUT2D eigenvalue weighted by Gasteiger charge is 2.40. The predicted molar refractivity (Wildman–Crippen MR) is 124 cm³/mol. The van der Waals surface area contributed by atoms with E-state index in [1.165, 1.54) is 0 Å². The Bertz CT molecular complexity index is 830. The highest BCUT2D eigenvalue weighted by molar-refractivity contribution is 5.47. The molecule has 0 bridgehead atoms. The summed E-state index contributed by atoms with van der Waals surface area (Å²) >= 11 is 0. The van der Waals surface area contributed by atoms with Crippen LogP contribution in [0.25, 0.3) is 0 Å². The van der Waals surface area contributed by atoms with Crippen LogP contribution in [0.2, 0.25) is 0 Å². The van der Waals surface area contributed by atoms with Gasteiger partial charge in [-0.15, -0.1) is 0 Å². The van der Waals surface area contributed by atoms with Gasteiger partial charge in [0.2, 0.25) is 0 Å². The molecule has 1 heterocycles. The van der Waals surface area contributed by atoms with Crippen molar-refractivity contribution in [3.8, 4) is 0 Å². The summed E-state index contributed by atoms with van der Waals surface area (Å²) in [6.45, 7) is 4.90. The maximum atomic E-state index is 6.95. The number of ether oxygens (including phenoxy) is 3. The largest absolute Gasteiger partial charge is 0.358 e. The molecule has 1 aliphatic heterocycles. The average Bonchev–Trinajstić information content (AvgIpc) is 2.83. The van der Waals surface area contributed by atoms with Crippen LogP contribution in [0, 0.1) is 11.8 Å². The highest BCUT2D eigenvalue weighted by atomic mass is 16.7. The lowest BCUT2D eigenvalue weighted by molar-refractivity contribution is -0.236. The van der Waals surface area contributed by atoms with Crippen molar-refractivity contribution < 1.29 is 14.2 Å². The third kappa shape index (κ3) is 4.45. The minimum absolute atomic E-state index is 0.0309. The van der Waals surface area contributed by atoms with Gasteiger partial charge < -0.3 is 14.2 Å². The van der Waals surface area contributed by atoms with E-state index in [1.54, 1.807) is 7.11 Å². The van der Waals surface area contributed by atoms with Crippen LogP contribution in [-0.4, -0.2) is 26.1 Å². The van der Waals surface area contributed by atoms with Crippen LogP contribution in [0.4, 0.5) is 0 Å². The summed E-state index contributed by atoms with van der Waals surface area (Å²) in [6.07, 6.45) is 0.836. The monoisotopic (exact) mass is 416 g/mol. The summed E-state index contributed by atoms with van der Waals surface area (Å²) in [4.78, 5) is 0. The molecule has 1 fully saturated rings. The lowest BCUT2D eigenvalue weighted by atomic mass is 9.80. The van der Waals surface area contributed by atoms with Gasteiger partial charge in [0.15, 0.2) is 6.29 Å². The van der Waals surface area contributed by atoms with Gasteiger partial charge in [-0.3, -0.25) is 0 Å². The second-order valence-corrected chi connectivity index (χ2v) is 8.56. The maximum absolute atomic E-state index is 6.95. The van der Waals surface area contributed by atoms with E-state index in [2.05, 4.69) is 86.6 Å². The predicted octanol–water partition coefficient (Wildman–Crippen LogP) is 6.03. The van der Waals surface area contributed by atoms with Crippen LogP contribution in [-0.2, 0) is 19.8 Å². The quantitative estimate of drug-likeness (QED) is 0.440. The van der Waals surface area contributed by atoms with E-state index in [0.717, 1.165) is 23.1 Å². The van der Waals surface area contributed by atoms with Crippen molar-refractivity contribution in [3.63, 3.8) is 0 Å². The first kappa shape index (κ1) is 21.8. The van der Waals surface area contributed by atoms with Gasteiger partial charge >= 0.3 is 0 Å². The lowest BCUT2D eigenvalue weighted by Crippen LogP contribution is -2.44. The second kappa shape index (κ2) is 9.78. The molecule has 0 N–H and O–H groups in total. The van der Waals surface area contributed by atoms with Gasteiger partial charge in [0.25, 0.3) is 0 Å². The van der Waals surface area contributed by atoms with Gasteiger partial charge in [-0.2, -0.15) is 0 Å². The van der Waals surface area contributed by atoms with E-state index < -0.39 is 5.60 Å². The summed E-state index contributed by atoms with van der Waals surface area (Å²) in [7, 11) is 1.72. The number of benzene rings is 3. The van der Waals surface area contributed by atoms with Gasteiger partial charge in [-0.25, -0.2) is 0 Å².